The molecule has 0 aliphatic heterocycles. The molecule has 0 fully saturated rings. The first-order valence-corrected chi connectivity index (χ1v) is 14.2. The lowest BCUT2D eigenvalue weighted by Gasteiger charge is -2.18. The molecule has 7 rings (SSSR count). The molecule has 0 unspecified atom stereocenters. The van der Waals surface area contributed by atoms with Crippen LogP contribution in [0, 0.1) is 6.92 Å². The van der Waals surface area contributed by atoms with Gasteiger partial charge in [-0.3, -0.25) is 0 Å². The third-order valence-corrected chi connectivity index (χ3v) is 8.84. The Labute approximate surface area is 228 Å². The molecular weight excluding hydrogens is 476 g/mol. The average Bonchev–Trinajstić information content (AvgIpc) is 3.47. The summed E-state index contributed by atoms with van der Waals surface area (Å²) in [5.74, 6) is 0. The number of hydrogen-bond donors (Lipinski definition) is 0. The van der Waals surface area contributed by atoms with Crippen LogP contribution in [-0.4, -0.2) is 0 Å². The van der Waals surface area contributed by atoms with Gasteiger partial charge in [0, 0.05) is 9.75 Å². The Hall–Kier alpha value is -4.20. The summed E-state index contributed by atoms with van der Waals surface area (Å²) in [6, 6.07) is 40.4. The zero-order valence-corrected chi connectivity index (χ0v) is 22.3. The van der Waals surface area contributed by atoms with E-state index >= 15 is 0 Å². The van der Waals surface area contributed by atoms with E-state index in [1.165, 1.54) is 70.3 Å². The molecule has 0 N–H and O–H groups in total. The zero-order valence-electron chi connectivity index (χ0n) is 21.4. The Morgan fingerprint density at radius 1 is 0.553 bits per heavy atom. The molecule has 0 saturated carbocycles. The Kier molecular flexibility index (Phi) is 5.80. The second-order valence-corrected chi connectivity index (χ2v) is 11.2. The van der Waals surface area contributed by atoms with Crippen molar-refractivity contribution >= 4 is 38.5 Å². The Bertz CT molecular complexity index is 1800. The van der Waals surface area contributed by atoms with Gasteiger partial charge in [0.05, 0.1) is 0 Å². The molecule has 6 aromatic rings. The molecule has 0 radical (unpaired) electrons. The SMILES string of the molecule is Cc1cccc(-c2c3ccccc3c(-c3ccc(-c4ccc(C5=CC=CCC5)s4)cc3)c3ccccc23)c1. The van der Waals surface area contributed by atoms with Crippen LogP contribution in [-0.2, 0) is 0 Å². The molecule has 38 heavy (non-hydrogen) atoms. The Morgan fingerprint density at radius 2 is 1.16 bits per heavy atom. The van der Waals surface area contributed by atoms with Gasteiger partial charge >= 0.3 is 0 Å². The lowest BCUT2D eigenvalue weighted by molar-refractivity contribution is 1.06. The fourth-order valence-corrected chi connectivity index (χ4v) is 6.89. The first-order valence-electron chi connectivity index (χ1n) is 13.3. The van der Waals surface area contributed by atoms with E-state index in [0.717, 1.165) is 12.8 Å². The molecule has 1 heteroatoms. The Balaban J connectivity index is 1.38. The van der Waals surface area contributed by atoms with E-state index in [2.05, 4.69) is 134 Å². The van der Waals surface area contributed by atoms with Gasteiger partial charge < -0.3 is 0 Å². The summed E-state index contributed by atoms with van der Waals surface area (Å²) < 4.78 is 0. The van der Waals surface area contributed by atoms with E-state index in [1.54, 1.807) is 0 Å². The highest BCUT2D eigenvalue weighted by Gasteiger charge is 2.17. The second-order valence-electron chi connectivity index (χ2n) is 10.1. The van der Waals surface area contributed by atoms with Crippen molar-refractivity contribution in [2.45, 2.75) is 19.8 Å². The summed E-state index contributed by atoms with van der Waals surface area (Å²) in [4.78, 5) is 2.71. The standard InChI is InChI=1S/C37H28S/c1-25-10-9-13-29(24-25)37-32-16-7-5-14-30(32)36(31-15-6-8-17-33(31)37)28-20-18-27(19-21-28)35-23-22-34(38-35)26-11-3-2-4-12-26/h2-3,5-11,13-24H,4,12H2,1H3. The van der Waals surface area contributed by atoms with Crippen LogP contribution in [0.1, 0.15) is 23.3 Å². The minimum Gasteiger partial charge on any atom is -0.136 e. The third kappa shape index (κ3) is 4.00. The molecule has 0 bridgehead atoms. The molecule has 1 aliphatic rings. The molecule has 0 amide bonds. The molecule has 1 heterocycles. The van der Waals surface area contributed by atoms with Gasteiger partial charge in [0.2, 0.25) is 0 Å². The molecule has 1 aromatic heterocycles. The van der Waals surface area contributed by atoms with Crippen molar-refractivity contribution in [2.75, 3.05) is 0 Å². The highest BCUT2D eigenvalue weighted by Crippen LogP contribution is 2.44. The van der Waals surface area contributed by atoms with Crippen molar-refractivity contribution in [3.63, 3.8) is 0 Å². The molecule has 0 spiro atoms. The number of allylic oxidation sites excluding steroid dienone is 4. The molecule has 182 valence electrons. The minimum absolute atomic E-state index is 1.13. The predicted octanol–water partition coefficient (Wildman–Crippen LogP) is 11.1. The van der Waals surface area contributed by atoms with Crippen LogP contribution in [0.5, 0.6) is 0 Å². The van der Waals surface area contributed by atoms with Crippen molar-refractivity contribution < 1.29 is 0 Å². The Morgan fingerprint density at radius 3 is 1.76 bits per heavy atom. The van der Waals surface area contributed by atoms with E-state index in [9.17, 15) is 0 Å². The van der Waals surface area contributed by atoms with E-state index in [4.69, 9.17) is 0 Å². The van der Waals surface area contributed by atoms with Gasteiger partial charge in [-0.15, -0.1) is 11.3 Å². The topological polar surface area (TPSA) is 0 Å². The van der Waals surface area contributed by atoms with E-state index in [-0.39, 0.29) is 0 Å². The van der Waals surface area contributed by atoms with Crippen LogP contribution >= 0.6 is 11.3 Å². The van der Waals surface area contributed by atoms with Crippen molar-refractivity contribution in [3.05, 3.63) is 138 Å². The quantitative estimate of drug-likeness (QED) is 0.209. The number of rotatable bonds is 4. The largest absolute Gasteiger partial charge is 0.136 e. The first kappa shape index (κ1) is 23.0. The maximum Gasteiger partial charge on any atom is 0.0349 e. The van der Waals surface area contributed by atoms with Crippen LogP contribution < -0.4 is 0 Å². The molecule has 0 atom stereocenters. The fourth-order valence-electron chi connectivity index (χ4n) is 5.83. The van der Waals surface area contributed by atoms with Crippen LogP contribution in [0.2, 0.25) is 0 Å². The van der Waals surface area contributed by atoms with Crippen LogP contribution in [0.4, 0.5) is 0 Å². The number of fused-ring (bicyclic) bond motifs is 2. The van der Waals surface area contributed by atoms with Crippen molar-refractivity contribution in [1.82, 2.24) is 0 Å². The average molecular weight is 505 g/mol. The summed E-state index contributed by atoms with van der Waals surface area (Å²) in [7, 11) is 0. The molecule has 5 aromatic carbocycles. The molecular formula is C37H28S. The van der Waals surface area contributed by atoms with Gasteiger partial charge in [-0.05, 0) is 86.8 Å². The van der Waals surface area contributed by atoms with Gasteiger partial charge in [0.25, 0.3) is 0 Å². The zero-order chi connectivity index (χ0) is 25.5. The second kappa shape index (κ2) is 9.59. The van der Waals surface area contributed by atoms with Gasteiger partial charge in [0.15, 0.2) is 0 Å². The van der Waals surface area contributed by atoms with Gasteiger partial charge in [-0.1, -0.05) is 121 Å². The summed E-state index contributed by atoms with van der Waals surface area (Å²) >= 11 is 1.90. The van der Waals surface area contributed by atoms with Crippen LogP contribution in [0.3, 0.4) is 0 Å². The van der Waals surface area contributed by atoms with Gasteiger partial charge in [0.1, 0.15) is 0 Å². The van der Waals surface area contributed by atoms with E-state index in [1.807, 2.05) is 11.3 Å². The van der Waals surface area contributed by atoms with E-state index in [0.29, 0.717) is 0 Å². The maximum atomic E-state index is 2.30. The molecule has 0 nitrogen and oxygen atoms in total. The van der Waals surface area contributed by atoms with Crippen LogP contribution in [0.25, 0.3) is 59.8 Å². The van der Waals surface area contributed by atoms with Crippen molar-refractivity contribution in [1.29, 1.82) is 0 Å². The van der Waals surface area contributed by atoms with Gasteiger partial charge in [-0.2, -0.15) is 0 Å². The highest BCUT2D eigenvalue weighted by molar-refractivity contribution is 7.16. The summed E-state index contributed by atoms with van der Waals surface area (Å²) in [5.41, 5.74) is 9.17. The number of aryl methyl sites for hydroxylation is 1. The van der Waals surface area contributed by atoms with Crippen molar-refractivity contribution in [3.8, 4) is 32.7 Å². The third-order valence-electron chi connectivity index (χ3n) is 7.63. The lowest BCUT2D eigenvalue weighted by atomic mass is 9.85. The first-order chi connectivity index (χ1) is 18.8. The summed E-state index contributed by atoms with van der Waals surface area (Å²) in [6.07, 6.45) is 8.97. The van der Waals surface area contributed by atoms with Crippen LogP contribution in [0.15, 0.2) is 127 Å². The minimum atomic E-state index is 1.13. The highest BCUT2D eigenvalue weighted by atomic mass is 32.1. The normalized spacial score (nSPS) is 13.2. The summed E-state index contributed by atoms with van der Waals surface area (Å²) in [6.45, 7) is 2.17. The maximum absolute atomic E-state index is 2.30. The number of benzene rings is 5. The molecule has 1 aliphatic carbocycles. The monoisotopic (exact) mass is 504 g/mol. The smallest absolute Gasteiger partial charge is 0.0349 e. The lowest BCUT2D eigenvalue weighted by Crippen LogP contribution is -1.91. The van der Waals surface area contributed by atoms with Gasteiger partial charge in [-0.25, -0.2) is 0 Å². The molecule has 0 saturated heterocycles. The number of thiophene rings is 1. The number of hydrogen-bond acceptors (Lipinski definition) is 1. The summed E-state index contributed by atoms with van der Waals surface area (Å²) in [5, 5.41) is 5.19. The van der Waals surface area contributed by atoms with Crippen molar-refractivity contribution in [2.24, 2.45) is 0 Å². The van der Waals surface area contributed by atoms with E-state index < -0.39 is 0 Å². The predicted molar refractivity (Wildman–Crippen MR) is 167 cm³/mol. The fraction of sp³-hybridized carbons (Fsp3) is 0.0811.